The number of carbonyl (C=O) groups excluding carboxylic acids is 4. The van der Waals surface area contributed by atoms with Gasteiger partial charge in [0.05, 0.1) is 0 Å². The number of amides is 4. The molecule has 4 amide bonds. The van der Waals surface area contributed by atoms with Crippen LogP contribution in [0.5, 0.6) is 0 Å². The lowest BCUT2D eigenvalue weighted by atomic mass is 9.87. The fraction of sp³-hybridized carbons (Fsp3) is 0.412. The number of nitrogens with zero attached hydrogens (tertiary/aromatic N) is 1. The summed E-state index contributed by atoms with van der Waals surface area (Å²) in [6.07, 6.45) is 1.10. The van der Waals surface area contributed by atoms with Gasteiger partial charge >= 0.3 is 6.03 Å². The van der Waals surface area contributed by atoms with Crippen molar-refractivity contribution in [2.45, 2.75) is 31.2 Å². The highest BCUT2D eigenvalue weighted by atomic mass is 16.2. The fourth-order valence-corrected chi connectivity index (χ4v) is 3.16. The number of hydrogen-bond acceptors (Lipinski definition) is 4. The van der Waals surface area contributed by atoms with Gasteiger partial charge in [0.1, 0.15) is 5.54 Å². The summed E-state index contributed by atoms with van der Waals surface area (Å²) in [6, 6.07) is 8.41. The number of carbonyl (C=O) groups is 4. The largest absolute Gasteiger partial charge is 0.342 e. The van der Waals surface area contributed by atoms with Crippen molar-refractivity contribution >= 4 is 23.6 Å². The van der Waals surface area contributed by atoms with Gasteiger partial charge in [-0.15, -0.1) is 0 Å². The summed E-state index contributed by atoms with van der Waals surface area (Å²) >= 11 is 0. The SMILES string of the molecule is O=C1NC(=O)C2(CCN(C(=O)CCC(=O)c3ccccc3)CC2)N1. The minimum Gasteiger partial charge on any atom is -0.342 e. The molecule has 2 saturated heterocycles. The zero-order valence-corrected chi connectivity index (χ0v) is 13.2. The number of imide groups is 1. The highest BCUT2D eigenvalue weighted by molar-refractivity contribution is 6.07. The van der Waals surface area contributed by atoms with Gasteiger partial charge in [-0.05, 0) is 12.8 Å². The Hall–Kier alpha value is -2.70. The molecule has 7 nitrogen and oxygen atoms in total. The molecule has 3 rings (SSSR count). The first-order valence-electron chi connectivity index (χ1n) is 8.00. The number of benzene rings is 1. The molecule has 1 spiro atoms. The zero-order chi connectivity index (χ0) is 17.2. The predicted octanol–water partition coefficient (Wildman–Crippen LogP) is 0.850. The summed E-state index contributed by atoms with van der Waals surface area (Å²) in [5, 5.41) is 4.90. The molecule has 0 radical (unpaired) electrons. The zero-order valence-electron chi connectivity index (χ0n) is 13.2. The maximum absolute atomic E-state index is 12.3. The van der Waals surface area contributed by atoms with Gasteiger partial charge in [0.15, 0.2) is 5.78 Å². The average molecular weight is 329 g/mol. The minimum absolute atomic E-state index is 0.0557. The summed E-state index contributed by atoms with van der Waals surface area (Å²) in [4.78, 5) is 49.1. The highest BCUT2D eigenvalue weighted by Crippen LogP contribution is 2.26. The van der Waals surface area contributed by atoms with Crippen LogP contribution in [0, 0.1) is 0 Å². The van der Waals surface area contributed by atoms with Gasteiger partial charge in [0.25, 0.3) is 5.91 Å². The molecule has 0 aliphatic carbocycles. The molecule has 0 bridgehead atoms. The van der Waals surface area contributed by atoms with Crippen LogP contribution in [0.15, 0.2) is 30.3 Å². The molecule has 2 aliphatic heterocycles. The van der Waals surface area contributed by atoms with Gasteiger partial charge in [-0.3, -0.25) is 19.7 Å². The van der Waals surface area contributed by atoms with Gasteiger partial charge in [0, 0.05) is 31.5 Å². The molecule has 2 aliphatic rings. The molecule has 0 atom stereocenters. The maximum Gasteiger partial charge on any atom is 0.322 e. The second-order valence-corrected chi connectivity index (χ2v) is 6.16. The Balaban J connectivity index is 1.50. The molecule has 126 valence electrons. The number of hydrogen-bond donors (Lipinski definition) is 2. The van der Waals surface area contributed by atoms with Crippen LogP contribution in [0.4, 0.5) is 4.79 Å². The number of nitrogens with one attached hydrogen (secondary N) is 2. The molecule has 0 unspecified atom stereocenters. The maximum atomic E-state index is 12.3. The van der Waals surface area contributed by atoms with E-state index in [1.807, 2.05) is 6.07 Å². The van der Waals surface area contributed by atoms with E-state index in [1.165, 1.54) is 0 Å². The van der Waals surface area contributed by atoms with Crippen LogP contribution in [0.1, 0.15) is 36.0 Å². The highest BCUT2D eigenvalue weighted by Gasteiger charge is 2.48. The van der Waals surface area contributed by atoms with Crippen molar-refractivity contribution < 1.29 is 19.2 Å². The van der Waals surface area contributed by atoms with E-state index in [0.29, 0.717) is 31.5 Å². The normalized spacial score (nSPS) is 19.1. The van der Waals surface area contributed by atoms with E-state index in [2.05, 4.69) is 10.6 Å². The van der Waals surface area contributed by atoms with Crippen molar-refractivity contribution in [3.8, 4) is 0 Å². The molecular formula is C17H19N3O4. The summed E-state index contributed by atoms with van der Waals surface area (Å²) in [6.45, 7) is 0.790. The smallest absolute Gasteiger partial charge is 0.322 e. The van der Waals surface area contributed by atoms with E-state index < -0.39 is 11.6 Å². The van der Waals surface area contributed by atoms with E-state index in [4.69, 9.17) is 0 Å². The van der Waals surface area contributed by atoms with Gasteiger partial charge in [-0.1, -0.05) is 30.3 Å². The predicted molar refractivity (Wildman–Crippen MR) is 85.2 cm³/mol. The topological polar surface area (TPSA) is 95.6 Å². The van der Waals surface area contributed by atoms with Crippen LogP contribution in [0.2, 0.25) is 0 Å². The molecule has 2 fully saturated rings. The van der Waals surface area contributed by atoms with Crippen LogP contribution in [0.3, 0.4) is 0 Å². The third kappa shape index (κ3) is 3.15. The first kappa shape index (κ1) is 16.2. The third-order valence-electron chi connectivity index (χ3n) is 4.65. The monoisotopic (exact) mass is 329 g/mol. The van der Waals surface area contributed by atoms with Gasteiger partial charge in [-0.25, -0.2) is 4.79 Å². The molecule has 24 heavy (non-hydrogen) atoms. The van der Waals surface area contributed by atoms with Crippen molar-refractivity contribution in [2.75, 3.05) is 13.1 Å². The van der Waals surface area contributed by atoms with E-state index in [1.54, 1.807) is 29.2 Å². The van der Waals surface area contributed by atoms with E-state index in [0.717, 1.165) is 0 Å². The van der Waals surface area contributed by atoms with Gasteiger partial charge in [0.2, 0.25) is 5.91 Å². The van der Waals surface area contributed by atoms with Crippen molar-refractivity contribution in [3.63, 3.8) is 0 Å². The second-order valence-electron chi connectivity index (χ2n) is 6.16. The van der Waals surface area contributed by atoms with Crippen molar-refractivity contribution in [2.24, 2.45) is 0 Å². The van der Waals surface area contributed by atoms with Gasteiger partial charge < -0.3 is 10.2 Å². The van der Waals surface area contributed by atoms with Crippen LogP contribution < -0.4 is 10.6 Å². The van der Waals surface area contributed by atoms with E-state index >= 15 is 0 Å². The Morgan fingerprint density at radius 3 is 2.29 bits per heavy atom. The Morgan fingerprint density at radius 2 is 1.71 bits per heavy atom. The molecular weight excluding hydrogens is 310 g/mol. The molecule has 2 N–H and O–H groups in total. The first-order valence-corrected chi connectivity index (χ1v) is 8.00. The lowest BCUT2D eigenvalue weighted by Gasteiger charge is -2.37. The lowest BCUT2D eigenvalue weighted by Crippen LogP contribution is -2.55. The summed E-state index contributed by atoms with van der Waals surface area (Å²) < 4.78 is 0. The number of Topliss-reactive ketones (excluding diaryl/α,β-unsaturated/α-hetero) is 1. The molecule has 0 saturated carbocycles. The van der Waals surface area contributed by atoms with Crippen LogP contribution in [-0.2, 0) is 9.59 Å². The summed E-state index contributed by atoms with van der Waals surface area (Å²) in [7, 11) is 0. The van der Waals surface area contributed by atoms with Crippen LogP contribution >= 0.6 is 0 Å². The molecule has 0 aromatic heterocycles. The van der Waals surface area contributed by atoms with Crippen molar-refractivity contribution in [1.82, 2.24) is 15.5 Å². The fourth-order valence-electron chi connectivity index (χ4n) is 3.16. The third-order valence-corrected chi connectivity index (χ3v) is 4.65. The summed E-state index contributed by atoms with van der Waals surface area (Å²) in [5.74, 6) is -0.474. The quantitative estimate of drug-likeness (QED) is 0.632. The second kappa shape index (κ2) is 6.43. The van der Waals surface area contributed by atoms with Crippen molar-refractivity contribution in [3.05, 3.63) is 35.9 Å². The van der Waals surface area contributed by atoms with Crippen LogP contribution in [-0.4, -0.2) is 47.2 Å². The minimum atomic E-state index is -0.881. The Kier molecular flexibility index (Phi) is 4.33. The standard InChI is InChI=1S/C17H19N3O4/c21-13(12-4-2-1-3-5-12)6-7-14(22)20-10-8-17(9-11-20)15(23)18-16(24)19-17/h1-5H,6-11H2,(H2,18,19,23,24). The Morgan fingerprint density at radius 1 is 1.04 bits per heavy atom. The van der Waals surface area contributed by atoms with Crippen molar-refractivity contribution in [1.29, 1.82) is 0 Å². The number of rotatable bonds is 4. The number of likely N-dealkylation sites (tertiary alicyclic amines) is 1. The van der Waals surface area contributed by atoms with E-state index in [-0.39, 0.29) is 30.4 Å². The average Bonchev–Trinajstić information content (AvgIpc) is 2.87. The number of urea groups is 1. The Bertz CT molecular complexity index is 678. The lowest BCUT2D eigenvalue weighted by molar-refractivity contribution is -0.135. The first-order chi connectivity index (χ1) is 11.5. The summed E-state index contributed by atoms with van der Waals surface area (Å²) in [5.41, 5.74) is -0.276. The molecule has 1 aromatic rings. The van der Waals surface area contributed by atoms with Gasteiger partial charge in [-0.2, -0.15) is 0 Å². The number of piperidine rings is 1. The van der Waals surface area contributed by atoms with E-state index in [9.17, 15) is 19.2 Å². The molecule has 7 heteroatoms. The Labute approximate surface area is 139 Å². The van der Waals surface area contributed by atoms with Crippen LogP contribution in [0.25, 0.3) is 0 Å². The molecule has 2 heterocycles. The molecule has 1 aromatic carbocycles. The number of ketones is 1.